The lowest BCUT2D eigenvalue weighted by Crippen LogP contribution is -2.50. The predicted octanol–water partition coefficient (Wildman–Crippen LogP) is 4.57. The van der Waals surface area contributed by atoms with Crippen LogP contribution in [-0.2, 0) is 21.9 Å². The second-order valence-electron chi connectivity index (χ2n) is 7.85. The van der Waals surface area contributed by atoms with Gasteiger partial charge in [-0.2, -0.15) is 0 Å². The number of hydrogen-bond donors (Lipinski definition) is 1. The number of carbonyl (C=O) groups is 2. The lowest BCUT2D eigenvalue weighted by molar-refractivity contribution is -0.138. The minimum atomic E-state index is -0.563. The monoisotopic (exact) mass is 442 g/mol. The van der Waals surface area contributed by atoms with Gasteiger partial charge in [0.15, 0.2) is 0 Å². The summed E-state index contributed by atoms with van der Waals surface area (Å²) in [4.78, 5) is 27.6. The molecular formula is C25H34N2O3S. The number of methoxy groups -OCH3 is 1. The first kappa shape index (κ1) is 24.8. The summed E-state index contributed by atoms with van der Waals surface area (Å²) in [5.41, 5.74) is 3.33. The highest BCUT2D eigenvalue weighted by molar-refractivity contribution is 7.99. The van der Waals surface area contributed by atoms with E-state index >= 15 is 0 Å². The number of thioether (sulfide) groups is 1. The van der Waals surface area contributed by atoms with Crippen LogP contribution in [0, 0.1) is 6.92 Å². The molecule has 0 bridgehead atoms. The zero-order valence-electron chi connectivity index (χ0n) is 19.2. The van der Waals surface area contributed by atoms with Crippen LogP contribution in [0.3, 0.4) is 0 Å². The van der Waals surface area contributed by atoms with Gasteiger partial charge in [0.1, 0.15) is 11.8 Å². The molecule has 5 nitrogen and oxygen atoms in total. The van der Waals surface area contributed by atoms with Gasteiger partial charge in [-0.15, -0.1) is 11.8 Å². The molecule has 0 saturated carbocycles. The molecule has 1 N–H and O–H groups in total. The third-order valence-electron chi connectivity index (χ3n) is 5.23. The molecule has 0 aliphatic carbocycles. The Kier molecular flexibility index (Phi) is 9.92. The van der Waals surface area contributed by atoms with E-state index in [9.17, 15) is 9.59 Å². The van der Waals surface area contributed by atoms with Crippen LogP contribution in [-0.4, -0.2) is 41.7 Å². The third-order valence-corrected chi connectivity index (χ3v) is 6.22. The number of benzene rings is 2. The second-order valence-corrected chi connectivity index (χ2v) is 8.83. The summed E-state index contributed by atoms with van der Waals surface area (Å²) in [6.45, 7) is 8.21. The normalized spacial score (nSPS) is 12.7. The van der Waals surface area contributed by atoms with Crippen LogP contribution in [0.15, 0.2) is 48.5 Å². The van der Waals surface area contributed by atoms with E-state index < -0.39 is 6.04 Å². The molecule has 0 saturated heterocycles. The van der Waals surface area contributed by atoms with E-state index in [1.807, 2.05) is 44.2 Å². The number of rotatable bonds is 11. The zero-order chi connectivity index (χ0) is 22.8. The second kappa shape index (κ2) is 12.4. The maximum Gasteiger partial charge on any atom is 0.242 e. The molecule has 0 radical (unpaired) electrons. The van der Waals surface area contributed by atoms with Gasteiger partial charge in [-0.25, -0.2) is 0 Å². The van der Waals surface area contributed by atoms with Crippen molar-refractivity contribution in [3.05, 3.63) is 65.2 Å². The third kappa shape index (κ3) is 7.94. The molecule has 0 fully saturated rings. The van der Waals surface area contributed by atoms with Crippen molar-refractivity contribution >= 4 is 23.6 Å². The van der Waals surface area contributed by atoms with Crippen molar-refractivity contribution in [2.75, 3.05) is 12.9 Å². The Morgan fingerprint density at radius 3 is 2.48 bits per heavy atom. The molecule has 0 heterocycles. The van der Waals surface area contributed by atoms with E-state index in [-0.39, 0.29) is 17.9 Å². The molecule has 2 amide bonds. The summed E-state index contributed by atoms with van der Waals surface area (Å²) in [5.74, 6) is 1.63. The van der Waals surface area contributed by atoms with E-state index in [1.165, 1.54) is 11.1 Å². The van der Waals surface area contributed by atoms with E-state index in [0.717, 1.165) is 23.5 Å². The van der Waals surface area contributed by atoms with Gasteiger partial charge in [0.25, 0.3) is 0 Å². The minimum absolute atomic E-state index is 0.0488. The molecule has 0 unspecified atom stereocenters. The number of nitrogens with one attached hydrogen (secondary N) is 1. The Labute approximate surface area is 190 Å². The number of aryl methyl sites for hydroxylation is 1. The molecule has 2 aromatic rings. The van der Waals surface area contributed by atoms with Crippen molar-refractivity contribution in [2.45, 2.75) is 58.5 Å². The highest BCUT2D eigenvalue weighted by atomic mass is 32.2. The van der Waals surface area contributed by atoms with Crippen molar-refractivity contribution in [1.29, 1.82) is 0 Å². The van der Waals surface area contributed by atoms with E-state index in [0.29, 0.717) is 12.3 Å². The SMILES string of the molecule is CC[C@H](C)NC(=O)[C@@H](C)N(Cc1cccc(OC)c1)C(=O)CSCc1cccc(C)c1. The standard InChI is InChI=1S/C25H34N2O3S/c1-6-19(3)26-25(29)20(4)27(15-21-10-8-12-23(14-21)30-5)24(28)17-31-16-22-11-7-9-18(2)13-22/h7-14,19-20H,6,15-17H2,1-5H3,(H,26,29)/t19-,20+/m0/s1. The molecule has 0 spiro atoms. The molecule has 0 aliphatic heterocycles. The Hall–Kier alpha value is -2.47. The van der Waals surface area contributed by atoms with Crippen LogP contribution in [0.5, 0.6) is 5.75 Å². The molecule has 6 heteroatoms. The predicted molar refractivity (Wildman–Crippen MR) is 128 cm³/mol. The van der Waals surface area contributed by atoms with Gasteiger partial charge in [-0.05, 0) is 50.5 Å². The van der Waals surface area contributed by atoms with E-state index in [1.54, 1.807) is 30.7 Å². The van der Waals surface area contributed by atoms with Crippen LogP contribution in [0.25, 0.3) is 0 Å². The Balaban J connectivity index is 2.10. The van der Waals surface area contributed by atoms with Gasteiger partial charge in [0, 0.05) is 18.3 Å². The largest absolute Gasteiger partial charge is 0.497 e. The molecular weight excluding hydrogens is 408 g/mol. The number of carbonyl (C=O) groups excluding carboxylic acids is 2. The van der Waals surface area contributed by atoms with E-state index in [4.69, 9.17) is 4.74 Å². The smallest absolute Gasteiger partial charge is 0.242 e. The van der Waals surface area contributed by atoms with Gasteiger partial charge >= 0.3 is 0 Å². The molecule has 2 aromatic carbocycles. The highest BCUT2D eigenvalue weighted by Gasteiger charge is 2.26. The summed E-state index contributed by atoms with van der Waals surface area (Å²) in [5, 5.41) is 3.00. The first-order valence-electron chi connectivity index (χ1n) is 10.7. The molecule has 31 heavy (non-hydrogen) atoms. The fourth-order valence-electron chi connectivity index (χ4n) is 3.16. The fraction of sp³-hybridized carbons (Fsp3) is 0.440. The topological polar surface area (TPSA) is 58.6 Å². The molecule has 168 valence electrons. The van der Waals surface area contributed by atoms with Crippen LogP contribution < -0.4 is 10.1 Å². The van der Waals surface area contributed by atoms with Gasteiger partial charge in [0.2, 0.25) is 11.8 Å². The molecule has 0 aliphatic rings. The van der Waals surface area contributed by atoms with Crippen LogP contribution in [0.4, 0.5) is 0 Å². The van der Waals surface area contributed by atoms with Crippen LogP contribution >= 0.6 is 11.8 Å². The zero-order valence-corrected chi connectivity index (χ0v) is 20.0. The van der Waals surface area contributed by atoms with Gasteiger partial charge in [0.05, 0.1) is 12.9 Å². The number of hydrogen-bond acceptors (Lipinski definition) is 4. The van der Waals surface area contributed by atoms with Crippen molar-refractivity contribution in [2.24, 2.45) is 0 Å². The summed E-state index contributed by atoms with van der Waals surface area (Å²) in [6, 6.07) is 15.4. The van der Waals surface area contributed by atoms with Crippen molar-refractivity contribution in [3.63, 3.8) is 0 Å². The van der Waals surface area contributed by atoms with Crippen LogP contribution in [0.2, 0.25) is 0 Å². The Morgan fingerprint density at radius 2 is 1.81 bits per heavy atom. The van der Waals surface area contributed by atoms with Crippen LogP contribution in [0.1, 0.15) is 43.9 Å². The number of nitrogens with zero attached hydrogens (tertiary/aromatic N) is 1. The molecule has 2 atom stereocenters. The van der Waals surface area contributed by atoms with E-state index in [2.05, 4.69) is 30.4 Å². The van der Waals surface area contributed by atoms with Crippen molar-refractivity contribution in [1.82, 2.24) is 10.2 Å². The fourth-order valence-corrected chi connectivity index (χ4v) is 4.01. The lowest BCUT2D eigenvalue weighted by atomic mass is 10.1. The van der Waals surface area contributed by atoms with Gasteiger partial charge in [-0.3, -0.25) is 9.59 Å². The summed E-state index contributed by atoms with van der Waals surface area (Å²) in [7, 11) is 1.62. The first-order chi connectivity index (χ1) is 14.8. The maximum atomic E-state index is 13.2. The van der Waals surface area contributed by atoms with Gasteiger partial charge < -0.3 is 15.0 Å². The quantitative estimate of drug-likeness (QED) is 0.554. The Morgan fingerprint density at radius 1 is 1.10 bits per heavy atom. The average molecular weight is 443 g/mol. The number of amides is 2. The average Bonchev–Trinajstić information content (AvgIpc) is 2.76. The summed E-state index contributed by atoms with van der Waals surface area (Å²) >= 11 is 1.57. The molecule has 2 rings (SSSR count). The highest BCUT2D eigenvalue weighted by Crippen LogP contribution is 2.19. The van der Waals surface area contributed by atoms with Crippen molar-refractivity contribution in [3.8, 4) is 5.75 Å². The lowest BCUT2D eigenvalue weighted by Gasteiger charge is -2.29. The van der Waals surface area contributed by atoms with Gasteiger partial charge in [-0.1, -0.05) is 48.9 Å². The maximum absolute atomic E-state index is 13.2. The van der Waals surface area contributed by atoms with Crippen molar-refractivity contribution < 1.29 is 14.3 Å². The first-order valence-corrected chi connectivity index (χ1v) is 11.9. The summed E-state index contributed by atoms with van der Waals surface area (Å²) in [6.07, 6.45) is 0.842. The number of ether oxygens (including phenoxy) is 1. The molecule has 0 aromatic heterocycles. The Bertz CT molecular complexity index is 871. The minimum Gasteiger partial charge on any atom is -0.497 e. The summed E-state index contributed by atoms with van der Waals surface area (Å²) < 4.78 is 5.31.